The van der Waals surface area contributed by atoms with Gasteiger partial charge >= 0.3 is 0 Å². The predicted molar refractivity (Wildman–Crippen MR) is 99.3 cm³/mol. The zero-order chi connectivity index (χ0) is 18.1. The maximum absolute atomic E-state index is 6.17. The molecule has 1 aromatic heterocycles. The lowest BCUT2D eigenvalue weighted by Crippen LogP contribution is -2.31. The summed E-state index contributed by atoms with van der Waals surface area (Å²) >= 11 is 0. The number of fused-ring (bicyclic) bond motifs is 1. The molecule has 7 heteroatoms. The van der Waals surface area contributed by atoms with Crippen LogP contribution in [0.4, 0.5) is 5.69 Å². The highest BCUT2D eigenvalue weighted by Crippen LogP contribution is 2.35. The van der Waals surface area contributed by atoms with Gasteiger partial charge in [0, 0.05) is 11.3 Å². The Hall–Kier alpha value is -3.22. The summed E-state index contributed by atoms with van der Waals surface area (Å²) in [6, 6.07) is 18.2. The Morgan fingerprint density at radius 2 is 1.77 bits per heavy atom. The molecule has 0 bridgehead atoms. The molecule has 1 aliphatic heterocycles. The van der Waals surface area contributed by atoms with E-state index in [0.717, 1.165) is 16.9 Å². The maximum Gasteiger partial charge on any atom is 0.290 e. The van der Waals surface area contributed by atoms with Gasteiger partial charge in [0.25, 0.3) is 6.02 Å². The van der Waals surface area contributed by atoms with Crippen molar-refractivity contribution in [2.45, 2.75) is 32.4 Å². The number of anilines is 1. The van der Waals surface area contributed by atoms with Crippen LogP contribution in [0, 0.1) is 0 Å². The molecule has 7 nitrogen and oxygen atoms in total. The third kappa shape index (κ3) is 3.15. The lowest BCUT2D eigenvalue weighted by atomic mass is 10.0. The molecule has 2 heterocycles. The molecule has 3 aromatic rings. The highest BCUT2D eigenvalue weighted by Gasteiger charge is 2.32. The second-order valence-corrected chi connectivity index (χ2v) is 7.08. The molecule has 0 saturated heterocycles. The van der Waals surface area contributed by atoms with Gasteiger partial charge in [0.05, 0.1) is 11.2 Å². The van der Waals surface area contributed by atoms with Crippen LogP contribution in [0.25, 0.3) is 5.69 Å². The molecule has 26 heavy (non-hydrogen) atoms. The molecule has 0 spiro atoms. The van der Waals surface area contributed by atoms with E-state index >= 15 is 0 Å². The summed E-state index contributed by atoms with van der Waals surface area (Å²) in [5.41, 5.74) is 2.51. The number of nitrogens with one attached hydrogen (secondary N) is 1. The molecular formula is C19H20N6O. The third-order valence-electron chi connectivity index (χ3n) is 3.88. The van der Waals surface area contributed by atoms with E-state index in [-0.39, 0.29) is 5.54 Å². The minimum atomic E-state index is -0.455. The topological polar surface area (TPSA) is 77.2 Å². The molecule has 1 atom stereocenters. The van der Waals surface area contributed by atoms with Gasteiger partial charge in [0.15, 0.2) is 6.10 Å². The summed E-state index contributed by atoms with van der Waals surface area (Å²) < 4.78 is 7.87. The van der Waals surface area contributed by atoms with Crippen LogP contribution in [-0.2, 0) is 4.74 Å². The van der Waals surface area contributed by atoms with Gasteiger partial charge in [-0.3, -0.25) is 0 Å². The van der Waals surface area contributed by atoms with Crippen LogP contribution in [0.2, 0.25) is 0 Å². The van der Waals surface area contributed by atoms with Crippen molar-refractivity contribution >= 4 is 11.7 Å². The van der Waals surface area contributed by atoms with Crippen LogP contribution in [-0.4, -0.2) is 31.8 Å². The van der Waals surface area contributed by atoms with E-state index in [1.54, 1.807) is 4.68 Å². The van der Waals surface area contributed by atoms with Gasteiger partial charge in [-0.2, -0.15) is 4.68 Å². The molecule has 4 rings (SSSR count). The van der Waals surface area contributed by atoms with E-state index in [4.69, 9.17) is 4.74 Å². The highest BCUT2D eigenvalue weighted by molar-refractivity contribution is 5.92. The number of benzene rings is 2. The van der Waals surface area contributed by atoms with Crippen LogP contribution >= 0.6 is 0 Å². The minimum absolute atomic E-state index is 0.273. The number of tetrazole rings is 1. The van der Waals surface area contributed by atoms with Crippen molar-refractivity contribution in [1.82, 2.24) is 20.2 Å². The van der Waals surface area contributed by atoms with E-state index in [0.29, 0.717) is 11.8 Å². The quantitative estimate of drug-likeness (QED) is 0.768. The monoisotopic (exact) mass is 348 g/mol. The minimum Gasteiger partial charge on any atom is -0.448 e. The number of aliphatic imine (C=N–C) groups is 1. The predicted octanol–water partition coefficient (Wildman–Crippen LogP) is 3.35. The summed E-state index contributed by atoms with van der Waals surface area (Å²) in [5.74, 6) is 0.603. The summed E-state index contributed by atoms with van der Waals surface area (Å²) in [6.45, 7) is 6.07. The first-order chi connectivity index (χ1) is 12.5. The number of rotatable bonds is 2. The number of hydrogen-bond acceptors (Lipinski definition) is 5. The lowest BCUT2D eigenvalue weighted by Gasteiger charge is -2.29. The van der Waals surface area contributed by atoms with Crippen molar-refractivity contribution < 1.29 is 4.74 Å². The van der Waals surface area contributed by atoms with Gasteiger partial charge in [0.1, 0.15) is 0 Å². The van der Waals surface area contributed by atoms with Crippen LogP contribution in [0.1, 0.15) is 38.3 Å². The molecule has 0 fully saturated rings. The van der Waals surface area contributed by atoms with Crippen LogP contribution in [0.5, 0.6) is 0 Å². The van der Waals surface area contributed by atoms with Gasteiger partial charge in [-0.25, -0.2) is 4.99 Å². The first-order valence-corrected chi connectivity index (χ1v) is 8.47. The molecule has 2 aromatic carbocycles. The molecule has 0 aliphatic carbocycles. The van der Waals surface area contributed by atoms with Gasteiger partial charge in [-0.15, -0.1) is 5.10 Å². The van der Waals surface area contributed by atoms with Crippen molar-refractivity contribution in [1.29, 1.82) is 0 Å². The fourth-order valence-corrected chi connectivity index (χ4v) is 2.82. The molecule has 1 unspecified atom stereocenters. The van der Waals surface area contributed by atoms with E-state index in [1.165, 1.54) is 0 Å². The Morgan fingerprint density at radius 1 is 1.04 bits per heavy atom. The van der Waals surface area contributed by atoms with Crippen LogP contribution in [0.3, 0.4) is 0 Å². The maximum atomic E-state index is 6.17. The normalized spacial score (nSPS) is 18.1. The van der Waals surface area contributed by atoms with E-state index < -0.39 is 6.10 Å². The molecular weight excluding hydrogens is 328 g/mol. The standard InChI is InChI=1S/C19H20N6O/c1-19(2,3)21-18-20-15-12-8-7-11-14(15)16(26-18)17-22-23-24-25(17)13-9-5-4-6-10-13/h4-12,16H,1-3H3,(H,20,21). The summed E-state index contributed by atoms with van der Waals surface area (Å²) in [5, 5.41) is 15.5. The fourth-order valence-electron chi connectivity index (χ4n) is 2.82. The zero-order valence-corrected chi connectivity index (χ0v) is 14.9. The largest absolute Gasteiger partial charge is 0.448 e. The second-order valence-electron chi connectivity index (χ2n) is 7.08. The van der Waals surface area contributed by atoms with Gasteiger partial charge in [-0.05, 0) is 49.4 Å². The van der Waals surface area contributed by atoms with Crippen LogP contribution in [0.15, 0.2) is 59.6 Å². The third-order valence-corrected chi connectivity index (χ3v) is 3.88. The number of ether oxygens (including phenoxy) is 1. The Morgan fingerprint density at radius 3 is 2.54 bits per heavy atom. The Kier molecular flexibility index (Phi) is 3.91. The molecule has 132 valence electrons. The second kappa shape index (κ2) is 6.25. The number of para-hydroxylation sites is 2. The number of nitrogens with zero attached hydrogens (tertiary/aromatic N) is 5. The van der Waals surface area contributed by atoms with Crippen molar-refractivity contribution in [3.63, 3.8) is 0 Å². The molecule has 1 N–H and O–H groups in total. The number of amidine groups is 1. The first kappa shape index (κ1) is 16.3. The molecule has 0 amide bonds. The van der Waals surface area contributed by atoms with Crippen molar-refractivity contribution in [3.05, 3.63) is 66.0 Å². The number of aromatic nitrogens is 4. The van der Waals surface area contributed by atoms with Gasteiger partial charge in [0.2, 0.25) is 5.82 Å². The summed E-state index contributed by atoms with van der Waals surface area (Å²) in [6.07, 6.45) is -0.455. The zero-order valence-electron chi connectivity index (χ0n) is 14.9. The first-order valence-electron chi connectivity index (χ1n) is 8.47. The van der Waals surface area contributed by atoms with E-state index in [1.807, 2.05) is 75.4 Å². The smallest absolute Gasteiger partial charge is 0.290 e. The Balaban J connectivity index is 1.81. The molecule has 0 radical (unpaired) electrons. The summed E-state index contributed by atoms with van der Waals surface area (Å²) in [7, 11) is 0. The Bertz CT molecular complexity index is 942. The average molecular weight is 348 g/mol. The van der Waals surface area contributed by atoms with E-state index in [9.17, 15) is 0 Å². The highest BCUT2D eigenvalue weighted by atomic mass is 16.5. The lowest BCUT2D eigenvalue weighted by molar-refractivity contribution is 0.210. The molecule has 1 aliphatic rings. The van der Waals surface area contributed by atoms with Gasteiger partial charge in [-0.1, -0.05) is 36.4 Å². The fraction of sp³-hybridized carbons (Fsp3) is 0.263. The summed E-state index contributed by atoms with van der Waals surface area (Å²) in [4.78, 5) is 4.64. The van der Waals surface area contributed by atoms with Crippen molar-refractivity contribution in [3.8, 4) is 5.69 Å². The van der Waals surface area contributed by atoms with Crippen molar-refractivity contribution in [2.24, 2.45) is 4.99 Å². The number of hydrogen-bond donors (Lipinski definition) is 1. The average Bonchev–Trinajstić information content (AvgIpc) is 3.10. The SMILES string of the molecule is CC(C)(C)N=C1Nc2ccccc2C(c2nnnn2-c2ccccc2)O1. The van der Waals surface area contributed by atoms with Crippen LogP contribution < -0.4 is 5.32 Å². The van der Waals surface area contributed by atoms with E-state index in [2.05, 4.69) is 25.8 Å². The molecule has 0 saturated carbocycles. The Labute approximate surface area is 151 Å². The van der Waals surface area contributed by atoms with Crippen molar-refractivity contribution in [2.75, 3.05) is 5.32 Å². The van der Waals surface area contributed by atoms with Gasteiger partial charge < -0.3 is 10.1 Å².